The Balaban J connectivity index is 0.00000417. The van der Waals surface area contributed by atoms with E-state index in [1.807, 2.05) is 18.7 Å². The summed E-state index contributed by atoms with van der Waals surface area (Å²) in [5.41, 5.74) is 13.5. The molecule has 1 fully saturated rings. The largest absolute Gasteiger partial charge is 0.492 e. The van der Waals surface area contributed by atoms with Gasteiger partial charge in [-0.05, 0) is 30.2 Å². The first-order chi connectivity index (χ1) is 21.7. The molecule has 0 spiro atoms. The van der Waals surface area contributed by atoms with E-state index >= 15 is 4.39 Å². The monoisotopic (exact) mass is 674 g/mol. The zero-order valence-electron chi connectivity index (χ0n) is 25.4. The SMILES string of the molecule is CC(C)C(N)C(=O)NCCOc1ccc(N2CCN(CCn3c(=O)sc4c3nc(N)n3nc(-c5ccco5)nc43)CC2)c(F)c1.Cl. The fraction of sp³-hybridized carbons (Fsp3) is 0.414. The molecule has 1 aliphatic heterocycles. The number of nitrogens with two attached hydrogens (primary N) is 2. The van der Waals surface area contributed by atoms with Gasteiger partial charge in [-0.3, -0.25) is 19.1 Å². The molecular weight excluding hydrogens is 639 g/mol. The van der Waals surface area contributed by atoms with Gasteiger partial charge in [0.25, 0.3) is 0 Å². The predicted molar refractivity (Wildman–Crippen MR) is 176 cm³/mol. The molecule has 5 N–H and O–H groups in total. The Morgan fingerprint density at radius 2 is 1.93 bits per heavy atom. The third-order valence-corrected chi connectivity index (χ3v) is 8.79. The number of nitrogens with one attached hydrogen (secondary N) is 1. The van der Waals surface area contributed by atoms with E-state index in [0.717, 1.165) is 11.3 Å². The van der Waals surface area contributed by atoms with Gasteiger partial charge >= 0.3 is 4.87 Å². The van der Waals surface area contributed by atoms with E-state index in [9.17, 15) is 9.59 Å². The number of aromatic nitrogens is 5. The summed E-state index contributed by atoms with van der Waals surface area (Å²) in [6, 6.07) is 7.71. The minimum Gasteiger partial charge on any atom is -0.492 e. The van der Waals surface area contributed by atoms with Crippen LogP contribution in [-0.4, -0.2) is 86.9 Å². The second kappa shape index (κ2) is 14.0. The van der Waals surface area contributed by atoms with Gasteiger partial charge in [-0.2, -0.15) is 9.50 Å². The van der Waals surface area contributed by atoms with E-state index in [2.05, 4.69) is 25.3 Å². The quantitative estimate of drug-likeness (QED) is 0.175. The first kappa shape index (κ1) is 33.1. The number of hydrogen-bond donors (Lipinski definition) is 3. The smallest absolute Gasteiger partial charge is 0.309 e. The van der Waals surface area contributed by atoms with Crippen LogP contribution in [0.5, 0.6) is 5.75 Å². The van der Waals surface area contributed by atoms with Gasteiger partial charge in [0, 0.05) is 45.3 Å². The van der Waals surface area contributed by atoms with Gasteiger partial charge in [0.15, 0.2) is 17.1 Å². The number of thiazole rings is 1. The number of piperazine rings is 1. The van der Waals surface area contributed by atoms with Crippen LogP contribution in [0.25, 0.3) is 27.6 Å². The Hall–Kier alpha value is -4.25. The van der Waals surface area contributed by atoms with Crippen LogP contribution in [0.2, 0.25) is 0 Å². The van der Waals surface area contributed by atoms with Crippen LogP contribution in [0, 0.1) is 11.7 Å². The van der Waals surface area contributed by atoms with Crippen molar-refractivity contribution in [2.75, 3.05) is 56.5 Å². The Kier molecular flexibility index (Phi) is 10.1. The summed E-state index contributed by atoms with van der Waals surface area (Å²) in [5, 5.41) is 7.12. The number of nitrogens with zero attached hydrogens (tertiary/aromatic N) is 7. The van der Waals surface area contributed by atoms with Crippen molar-refractivity contribution < 1.29 is 18.3 Å². The number of anilines is 2. The van der Waals surface area contributed by atoms with Crippen LogP contribution in [0.4, 0.5) is 16.0 Å². The Morgan fingerprint density at radius 3 is 2.63 bits per heavy atom. The normalized spacial score (nSPS) is 14.6. The maximum Gasteiger partial charge on any atom is 0.309 e. The van der Waals surface area contributed by atoms with E-state index in [1.54, 1.807) is 28.8 Å². The molecular formula is C29H36ClFN10O4S. The standard InChI is InChI=1S/C29H35FN10O4S.ClH/c1-17(2)22(31)27(41)33-7-15-43-18-5-6-20(19(30)16-18)38-11-8-37(9-12-38)10-13-39-25-23(45-29(39)42)26-34-24(21-4-3-14-44-21)36-40(26)28(32)35-25;/h3-6,14,16-17,22H,7-13,15,31H2,1-2H3,(H2,32,35)(H,33,41);1H. The summed E-state index contributed by atoms with van der Waals surface area (Å²) in [7, 11) is 0. The molecule has 17 heteroatoms. The lowest BCUT2D eigenvalue weighted by Gasteiger charge is -2.36. The van der Waals surface area contributed by atoms with Gasteiger partial charge in [0.05, 0.1) is 24.5 Å². The van der Waals surface area contributed by atoms with Crippen LogP contribution in [0.3, 0.4) is 0 Å². The minimum atomic E-state index is -0.578. The molecule has 1 aliphatic rings. The predicted octanol–water partition coefficient (Wildman–Crippen LogP) is 2.20. The number of nitrogen functional groups attached to an aromatic ring is 1. The van der Waals surface area contributed by atoms with Crippen LogP contribution >= 0.6 is 23.7 Å². The highest BCUT2D eigenvalue weighted by atomic mass is 35.5. The number of halogens is 2. The van der Waals surface area contributed by atoms with Crippen LogP contribution < -0.4 is 31.3 Å². The average molecular weight is 675 g/mol. The molecule has 6 rings (SSSR count). The lowest BCUT2D eigenvalue weighted by Crippen LogP contribution is -2.47. The molecule has 0 aliphatic carbocycles. The molecule has 0 saturated carbocycles. The number of fused-ring (bicyclic) bond motifs is 3. The molecule has 46 heavy (non-hydrogen) atoms. The number of hydrogen-bond acceptors (Lipinski definition) is 12. The zero-order valence-corrected chi connectivity index (χ0v) is 27.0. The molecule has 5 heterocycles. The van der Waals surface area contributed by atoms with E-state index in [-0.39, 0.29) is 54.0 Å². The third-order valence-electron chi connectivity index (χ3n) is 7.82. The highest BCUT2D eigenvalue weighted by Gasteiger charge is 2.23. The highest BCUT2D eigenvalue weighted by Crippen LogP contribution is 2.27. The molecule has 0 radical (unpaired) electrons. The van der Waals surface area contributed by atoms with E-state index in [0.29, 0.717) is 78.3 Å². The van der Waals surface area contributed by atoms with Gasteiger partial charge in [-0.25, -0.2) is 9.37 Å². The number of carbonyl (C=O) groups is 1. The minimum absolute atomic E-state index is 0. The Morgan fingerprint density at radius 1 is 1.15 bits per heavy atom. The number of ether oxygens (including phenoxy) is 1. The summed E-state index contributed by atoms with van der Waals surface area (Å²) < 4.78 is 29.7. The first-order valence-corrected chi connectivity index (χ1v) is 15.5. The molecule has 5 aromatic rings. The van der Waals surface area contributed by atoms with Crippen molar-refractivity contribution in [3.05, 3.63) is 52.1 Å². The molecule has 14 nitrogen and oxygen atoms in total. The summed E-state index contributed by atoms with van der Waals surface area (Å²) in [5.74, 6) is 0.791. The number of amides is 1. The lowest BCUT2D eigenvalue weighted by molar-refractivity contribution is -0.123. The Labute approximate surface area is 273 Å². The Bertz CT molecular complexity index is 1870. The number of rotatable bonds is 11. The van der Waals surface area contributed by atoms with Crippen molar-refractivity contribution in [1.82, 2.24) is 34.4 Å². The first-order valence-electron chi connectivity index (χ1n) is 14.7. The molecule has 246 valence electrons. The summed E-state index contributed by atoms with van der Waals surface area (Å²) >= 11 is 1.06. The molecule has 1 aromatic carbocycles. The fourth-order valence-electron chi connectivity index (χ4n) is 5.19. The highest BCUT2D eigenvalue weighted by molar-refractivity contribution is 7.17. The number of furan rings is 1. The topological polar surface area (TPSA) is 175 Å². The maximum atomic E-state index is 15.0. The summed E-state index contributed by atoms with van der Waals surface area (Å²) in [6.07, 6.45) is 1.53. The van der Waals surface area contributed by atoms with Crippen molar-refractivity contribution >= 4 is 57.3 Å². The van der Waals surface area contributed by atoms with Crippen LogP contribution in [-0.2, 0) is 11.3 Å². The van der Waals surface area contributed by atoms with Gasteiger partial charge in [-0.1, -0.05) is 25.2 Å². The third kappa shape index (κ3) is 6.79. The molecule has 0 bridgehead atoms. The van der Waals surface area contributed by atoms with Crippen molar-refractivity contribution in [2.45, 2.75) is 26.4 Å². The van der Waals surface area contributed by atoms with Crippen molar-refractivity contribution in [3.63, 3.8) is 0 Å². The van der Waals surface area contributed by atoms with Crippen molar-refractivity contribution in [1.29, 1.82) is 0 Å². The molecule has 4 aromatic heterocycles. The maximum absolute atomic E-state index is 15.0. The van der Waals surface area contributed by atoms with Gasteiger partial charge in [0.2, 0.25) is 17.7 Å². The second-order valence-corrected chi connectivity index (χ2v) is 12.1. The zero-order chi connectivity index (χ0) is 31.7. The van der Waals surface area contributed by atoms with Crippen molar-refractivity contribution in [2.24, 2.45) is 11.7 Å². The molecule has 1 atom stereocenters. The summed E-state index contributed by atoms with van der Waals surface area (Å²) in [6.45, 7) is 7.92. The molecule has 1 saturated heterocycles. The van der Waals surface area contributed by atoms with Gasteiger partial charge < -0.3 is 30.8 Å². The second-order valence-electron chi connectivity index (χ2n) is 11.1. The average Bonchev–Trinajstić information content (AvgIpc) is 3.78. The van der Waals surface area contributed by atoms with E-state index < -0.39 is 6.04 Å². The van der Waals surface area contributed by atoms with Crippen LogP contribution in [0.1, 0.15) is 13.8 Å². The fourth-order valence-corrected chi connectivity index (χ4v) is 6.12. The summed E-state index contributed by atoms with van der Waals surface area (Å²) in [4.78, 5) is 38.1. The van der Waals surface area contributed by atoms with E-state index in [4.69, 9.17) is 20.6 Å². The van der Waals surface area contributed by atoms with Gasteiger partial charge in [0.1, 0.15) is 22.9 Å². The number of carbonyl (C=O) groups excluding carboxylic acids is 1. The molecule has 1 amide bonds. The van der Waals surface area contributed by atoms with Crippen molar-refractivity contribution in [3.8, 4) is 17.3 Å². The number of benzene rings is 1. The van der Waals surface area contributed by atoms with E-state index in [1.165, 1.54) is 16.8 Å². The lowest BCUT2D eigenvalue weighted by atomic mass is 10.1. The van der Waals surface area contributed by atoms with Crippen LogP contribution in [0.15, 0.2) is 45.8 Å². The molecule has 1 unspecified atom stereocenters. The van der Waals surface area contributed by atoms with Gasteiger partial charge in [-0.15, -0.1) is 17.5 Å².